The maximum atomic E-state index is 12.5. The molecule has 0 saturated carbocycles. The molecule has 1 aliphatic rings. The van der Waals surface area contributed by atoms with E-state index in [9.17, 15) is 9.90 Å². The number of H-pyrrole nitrogens is 1. The Labute approximate surface area is 132 Å². The van der Waals surface area contributed by atoms with Gasteiger partial charge in [-0.25, -0.2) is 9.78 Å². The van der Waals surface area contributed by atoms with Crippen LogP contribution < -0.4 is 5.32 Å². The molecule has 2 atom stereocenters. The third kappa shape index (κ3) is 4.47. The molecule has 1 aliphatic heterocycles. The number of hydrogen-bond acceptors (Lipinski definition) is 3. The summed E-state index contributed by atoms with van der Waals surface area (Å²) in [6.07, 6.45) is 6.91. The number of carbonyl (C=O) groups is 1. The van der Waals surface area contributed by atoms with E-state index in [0.29, 0.717) is 13.0 Å². The van der Waals surface area contributed by atoms with Crippen LogP contribution in [0.3, 0.4) is 0 Å². The van der Waals surface area contributed by atoms with E-state index in [2.05, 4.69) is 29.1 Å². The molecule has 0 aromatic carbocycles. The molecule has 0 bridgehead atoms. The van der Waals surface area contributed by atoms with E-state index in [0.717, 1.165) is 31.6 Å². The lowest BCUT2D eigenvalue weighted by molar-refractivity contribution is 0.120. The van der Waals surface area contributed by atoms with Crippen molar-refractivity contribution in [1.29, 1.82) is 0 Å². The van der Waals surface area contributed by atoms with Gasteiger partial charge in [0.25, 0.3) is 0 Å². The zero-order valence-corrected chi connectivity index (χ0v) is 13.8. The second-order valence-corrected chi connectivity index (χ2v) is 7.06. The Kier molecular flexibility index (Phi) is 5.45. The number of rotatable bonds is 5. The van der Waals surface area contributed by atoms with Crippen molar-refractivity contribution < 1.29 is 9.90 Å². The van der Waals surface area contributed by atoms with Crippen LogP contribution in [0, 0.1) is 5.41 Å². The normalized spacial score (nSPS) is 20.7. The van der Waals surface area contributed by atoms with Gasteiger partial charge in [0.15, 0.2) is 0 Å². The minimum absolute atomic E-state index is 0.0311. The van der Waals surface area contributed by atoms with Gasteiger partial charge in [-0.15, -0.1) is 0 Å². The number of carbonyl (C=O) groups excluding carboxylic acids is 1. The van der Waals surface area contributed by atoms with Crippen LogP contribution in [-0.4, -0.2) is 45.2 Å². The monoisotopic (exact) mass is 308 g/mol. The van der Waals surface area contributed by atoms with Gasteiger partial charge in [-0.05, 0) is 38.0 Å². The molecule has 0 spiro atoms. The fourth-order valence-corrected chi connectivity index (χ4v) is 3.21. The number of nitrogens with one attached hydrogen (secondary N) is 2. The Morgan fingerprint density at radius 2 is 2.36 bits per heavy atom. The molecule has 6 heteroatoms. The molecule has 22 heavy (non-hydrogen) atoms. The first-order valence-corrected chi connectivity index (χ1v) is 8.11. The first-order chi connectivity index (χ1) is 10.4. The van der Waals surface area contributed by atoms with Crippen molar-refractivity contribution in [2.24, 2.45) is 5.41 Å². The van der Waals surface area contributed by atoms with Gasteiger partial charge in [0.1, 0.15) is 5.82 Å². The number of imidazole rings is 1. The molecule has 2 rings (SSSR count). The van der Waals surface area contributed by atoms with Gasteiger partial charge in [-0.1, -0.05) is 13.8 Å². The van der Waals surface area contributed by atoms with Gasteiger partial charge in [-0.2, -0.15) is 0 Å². The van der Waals surface area contributed by atoms with E-state index in [1.807, 2.05) is 4.90 Å². The minimum Gasteiger partial charge on any atom is -0.393 e. The number of aliphatic hydroxyl groups is 1. The maximum absolute atomic E-state index is 12.5. The molecule has 1 aromatic rings. The number of aromatic amines is 1. The van der Waals surface area contributed by atoms with E-state index >= 15 is 0 Å². The highest BCUT2D eigenvalue weighted by atomic mass is 16.3. The Morgan fingerprint density at radius 1 is 1.59 bits per heavy atom. The molecule has 0 aliphatic carbocycles. The van der Waals surface area contributed by atoms with Crippen LogP contribution in [0.5, 0.6) is 0 Å². The molecular weight excluding hydrogens is 280 g/mol. The summed E-state index contributed by atoms with van der Waals surface area (Å²) in [5.41, 5.74) is -0.125. The lowest BCUT2D eigenvalue weighted by Gasteiger charge is -2.36. The Balaban J connectivity index is 1.95. The highest BCUT2D eigenvalue weighted by Gasteiger charge is 2.30. The van der Waals surface area contributed by atoms with Crippen LogP contribution >= 0.6 is 0 Å². The summed E-state index contributed by atoms with van der Waals surface area (Å²) in [7, 11) is 0. The zero-order chi connectivity index (χ0) is 16.2. The third-order valence-electron chi connectivity index (χ3n) is 4.16. The van der Waals surface area contributed by atoms with Crippen molar-refractivity contribution in [3.8, 4) is 0 Å². The van der Waals surface area contributed by atoms with Crippen molar-refractivity contribution in [2.75, 3.05) is 13.1 Å². The number of hydrogen-bond donors (Lipinski definition) is 3. The van der Waals surface area contributed by atoms with Crippen LogP contribution in [0.1, 0.15) is 58.3 Å². The lowest BCUT2D eigenvalue weighted by Crippen LogP contribution is -2.47. The molecule has 2 heterocycles. The highest BCUT2D eigenvalue weighted by Crippen LogP contribution is 2.29. The lowest BCUT2D eigenvalue weighted by atomic mass is 9.87. The number of piperidine rings is 1. The largest absolute Gasteiger partial charge is 0.393 e. The quantitative estimate of drug-likeness (QED) is 0.781. The number of aromatic nitrogens is 2. The fraction of sp³-hybridized carbons (Fsp3) is 0.750. The summed E-state index contributed by atoms with van der Waals surface area (Å²) in [6.45, 7) is 7.20. The summed E-state index contributed by atoms with van der Waals surface area (Å²) in [6, 6.07) is -0.0107. The zero-order valence-electron chi connectivity index (χ0n) is 13.8. The van der Waals surface area contributed by atoms with Crippen LogP contribution in [0.2, 0.25) is 0 Å². The van der Waals surface area contributed by atoms with E-state index in [-0.39, 0.29) is 23.6 Å². The van der Waals surface area contributed by atoms with E-state index in [4.69, 9.17) is 0 Å². The standard InChI is InChI=1S/C16H28N4O2/c1-12(21)10-16(2,3)11-19-15(22)20-9-5-4-6-13(20)14-17-7-8-18-14/h7-8,12-13,21H,4-6,9-11H2,1-3H3,(H,17,18)(H,19,22). The van der Waals surface area contributed by atoms with Gasteiger partial charge in [-0.3, -0.25) is 0 Å². The van der Waals surface area contributed by atoms with Crippen molar-refractivity contribution in [3.63, 3.8) is 0 Å². The van der Waals surface area contributed by atoms with Gasteiger partial charge < -0.3 is 20.3 Å². The van der Waals surface area contributed by atoms with E-state index in [1.165, 1.54) is 0 Å². The van der Waals surface area contributed by atoms with Crippen LogP contribution in [0.4, 0.5) is 4.79 Å². The molecule has 6 nitrogen and oxygen atoms in total. The first kappa shape index (κ1) is 16.8. The average molecular weight is 308 g/mol. The molecule has 3 N–H and O–H groups in total. The predicted molar refractivity (Wildman–Crippen MR) is 85.4 cm³/mol. The SMILES string of the molecule is CC(O)CC(C)(C)CNC(=O)N1CCCCC1c1ncc[nH]1. The van der Waals surface area contributed by atoms with Gasteiger partial charge in [0.2, 0.25) is 0 Å². The van der Waals surface area contributed by atoms with Crippen molar-refractivity contribution in [2.45, 2.75) is 58.6 Å². The van der Waals surface area contributed by atoms with Crippen LogP contribution in [0.25, 0.3) is 0 Å². The van der Waals surface area contributed by atoms with Crippen molar-refractivity contribution in [1.82, 2.24) is 20.2 Å². The van der Waals surface area contributed by atoms with E-state index < -0.39 is 0 Å². The molecule has 1 aromatic heterocycles. The Hall–Kier alpha value is -1.56. The molecule has 2 amide bonds. The highest BCUT2D eigenvalue weighted by molar-refractivity contribution is 5.74. The summed E-state index contributed by atoms with van der Waals surface area (Å²) in [5, 5.41) is 12.6. The molecule has 1 saturated heterocycles. The second-order valence-electron chi connectivity index (χ2n) is 7.06. The summed E-state index contributed by atoms with van der Waals surface area (Å²) >= 11 is 0. The number of aliphatic hydroxyl groups excluding tert-OH is 1. The molecule has 124 valence electrons. The molecule has 0 radical (unpaired) electrons. The van der Waals surface area contributed by atoms with Crippen molar-refractivity contribution >= 4 is 6.03 Å². The second kappa shape index (κ2) is 7.13. The van der Waals surface area contributed by atoms with E-state index in [1.54, 1.807) is 19.3 Å². The van der Waals surface area contributed by atoms with Crippen LogP contribution in [-0.2, 0) is 0 Å². The maximum Gasteiger partial charge on any atom is 0.318 e. The molecule has 2 unspecified atom stereocenters. The fourth-order valence-electron chi connectivity index (χ4n) is 3.21. The van der Waals surface area contributed by atoms with Gasteiger partial charge in [0, 0.05) is 25.5 Å². The molecular formula is C16H28N4O2. The molecule has 1 fully saturated rings. The number of likely N-dealkylation sites (tertiary alicyclic amines) is 1. The number of urea groups is 1. The number of amides is 2. The summed E-state index contributed by atoms with van der Waals surface area (Å²) in [4.78, 5) is 21.9. The average Bonchev–Trinajstić information content (AvgIpc) is 2.97. The summed E-state index contributed by atoms with van der Waals surface area (Å²) in [5.74, 6) is 0.859. The topological polar surface area (TPSA) is 81.2 Å². The Morgan fingerprint density at radius 3 is 3.00 bits per heavy atom. The van der Waals surface area contributed by atoms with Gasteiger partial charge >= 0.3 is 6.03 Å². The predicted octanol–water partition coefficient (Wildman–Crippen LogP) is 2.44. The third-order valence-corrected chi connectivity index (χ3v) is 4.16. The smallest absolute Gasteiger partial charge is 0.318 e. The number of nitrogens with zero attached hydrogens (tertiary/aromatic N) is 2. The van der Waals surface area contributed by atoms with Gasteiger partial charge in [0.05, 0.1) is 12.1 Å². The summed E-state index contributed by atoms with van der Waals surface area (Å²) < 4.78 is 0. The Bertz CT molecular complexity index is 471. The van der Waals surface area contributed by atoms with Crippen molar-refractivity contribution in [3.05, 3.63) is 18.2 Å². The first-order valence-electron chi connectivity index (χ1n) is 8.11. The van der Waals surface area contributed by atoms with Crippen LogP contribution in [0.15, 0.2) is 12.4 Å². The minimum atomic E-state index is -0.363.